The van der Waals surface area contributed by atoms with Crippen LogP contribution >= 0.6 is 11.6 Å². The van der Waals surface area contributed by atoms with Gasteiger partial charge in [-0.2, -0.15) is 5.10 Å². The highest BCUT2D eigenvalue weighted by atomic mass is 35.5. The minimum Gasteiger partial charge on any atom is -0.378 e. The van der Waals surface area contributed by atoms with E-state index in [-0.39, 0.29) is 40.6 Å². The number of hydrogen-bond acceptors (Lipinski definition) is 8. The fourth-order valence-corrected chi connectivity index (χ4v) is 6.48. The third-order valence-electron chi connectivity index (χ3n) is 7.74. The Hall–Kier alpha value is -5.36. The normalized spacial score (nSPS) is 12.5. The number of aromatic nitrogens is 4. The fraction of sp³-hybridized carbons (Fsp3) is 0.222. The molecule has 6 rings (SSSR count). The number of carbonyl (C=O) groups is 1. The fourth-order valence-electron chi connectivity index (χ4n) is 5.74. The number of nitrogens with zero attached hydrogens (tertiary/aromatic N) is 4. The number of rotatable bonds is 9. The molecule has 0 aliphatic heterocycles. The molecule has 0 radical (unpaired) electrons. The zero-order valence-electron chi connectivity index (χ0n) is 27.8. The van der Waals surface area contributed by atoms with Gasteiger partial charge in [-0.25, -0.2) is 22.2 Å². The zero-order valence-corrected chi connectivity index (χ0v) is 29.3. The Labute approximate surface area is 296 Å². The molecule has 3 aromatic carbocycles. The number of para-hydroxylation sites is 1. The summed E-state index contributed by atoms with van der Waals surface area (Å²) in [5.41, 5.74) is 1.64. The number of carbonyl (C=O) groups excluding carboxylic acids is 1. The van der Waals surface area contributed by atoms with Gasteiger partial charge < -0.3 is 14.9 Å². The van der Waals surface area contributed by atoms with Crippen molar-refractivity contribution in [1.82, 2.24) is 25.2 Å². The summed E-state index contributed by atoms with van der Waals surface area (Å²) in [4.78, 5) is 18.6. The molecule has 3 heterocycles. The topological polar surface area (TPSA) is 152 Å². The van der Waals surface area contributed by atoms with Crippen molar-refractivity contribution in [2.75, 3.05) is 11.0 Å². The van der Waals surface area contributed by atoms with Crippen molar-refractivity contribution in [2.24, 2.45) is 7.05 Å². The summed E-state index contributed by atoms with van der Waals surface area (Å²) >= 11 is 6.60. The summed E-state index contributed by atoms with van der Waals surface area (Å²) in [6.45, 7) is 3.03. The average Bonchev–Trinajstić information content (AvgIpc) is 3.58. The molecule has 3 aromatic heterocycles. The number of hydrogen-bond donors (Lipinski definition) is 3. The van der Waals surface area contributed by atoms with E-state index in [1.807, 2.05) is 0 Å². The van der Waals surface area contributed by atoms with Crippen LogP contribution in [0.5, 0.6) is 0 Å². The third-order valence-corrected chi connectivity index (χ3v) is 8.62. The summed E-state index contributed by atoms with van der Waals surface area (Å²) in [5, 5.41) is 22.9. The van der Waals surface area contributed by atoms with Gasteiger partial charge in [0.25, 0.3) is 0 Å². The van der Waals surface area contributed by atoms with Gasteiger partial charge in [-0.1, -0.05) is 40.9 Å². The quantitative estimate of drug-likeness (QED) is 0.157. The predicted molar refractivity (Wildman–Crippen MR) is 189 cm³/mol. The van der Waals surface area contributed by atoms with Gasteiger partial charge >= 0.3 is 0 Å². The van der Waals surface area contributed by atoms with Gasteiger partial charge in [0.1, 0.15) is 28.6 Å². The molecule has 11 nitrogen and oxygen atoms in total. The van der Waals surface area contributed by atoms with E-state index in [1.54, 1.807) is 55.6 Å². The molecule has 0 fully saturated rings. The van der Waals surface area contributed by atoms with Crippen LogP contribution in [0.1, 0.15) is 42.5 Å². The average molecular weight is 733 g/mol. The molecule has 0 spiro atoms. The molecule has 51 heavy (non-hydrogen) atoms. The minimum atomic E-state index is -3.74. The molecule has 262 valence electrons. The first-order valence-corrected chi connectivity index (χ1v) is 17.8. The summed E-state index contributed by atoms with van der Waals surface area (Å²) < 4.78 is 62.6. The van der Waals surface area contributed by atoms with Crippen molar-refractivity contribution in [1.29, 1.82) is 0 Å². The van der Waals surface area contributed by atoms with Crippen LogP contribution in [0.15, 0.2) is 71.3 Å². The highest BCUT2D eigenvalue weighted by Crippen LogP contribution is 2.40. The van der Waals surface area contributed by atoms with E-state index in [0.29, 0.717) is 38.7 Å². The van der Waals surface area contributed by atoms with Gasteiger partial charge in [0.2, 0.25) is 15.9 Å². The minimum absolute atomic E-state index is 0.00366. The van der Waals surface area contributed by atoms with Crippen LogP contribution in [0.4, 0.5) is 14.6 Å². The number of amides is 1. The molecule has 6 aromatic rings. The summed E-state index contributed by atoms with van der Waals surface area (Å²) in [5.74, 6) is 3.49. The number of benzene rings is 3. The molecule has 0 saturated heterocycles. The van der Waals surface area contributed by atoms with E-state index in [1.165, 1.54) is 18.5 Å². The van der Waals surface area contributed by atoms with Gasteiger partial charge in [-0.05, 0) is 74.2 Å². The number of halogens is 3. The van der Waals surface area contributed by atoms with Gasteiger partial charge in [0.05, 0.1) is 40.3 Å². The first kappa shape index (κ1) is 35.5. The molecule has 1 atom stereocenters. The van der Waals surface area contributed by atoms with Crippen molar-refractivity contribution in [3.8, 4) is 23.0 Å². The van der Waals surface area contributed by atoms with Crippen molar-refractivity contribution < 1.29 is 31.6 Å². The first-order valence-electron chi connectivity index (χ1n) is 15.5. The summed E-state index contributed by atoms with van der Waals surface area (Å²) in [7, 11) is -2.12. The molecule has 0 bridgehead atoms. The highest BCUT2D eigenvalue weighted by Gasteiger charge is 2.26. The Morgan fingerprint density at radius 2 is 1.78 bits per heavy atom. The molecule has 3 N–H and O–H groups in total. The van der Waals surface area contributed by atoms with E-state index < -0.39 is 39.2 Å². The second-order valence-electron chi connectivity index (χ2n) is 12.5. The number of anilines is 1. The largest absolute Gasteiger partial charge is 0.378 e. The maximum Gasteiger partial charge on any atom is 0.231 e. The molecular weight excluding hydrogens is 702 g/mol. The Morgan fingerprint density at radius 3 is 2.49 bits per heavy atom. The molecule has 0 saturated carbocycles. The first-order chi connectivity index (χ1) is 24.0. The van der Waals surface area contributed by atoms with Crippen LogP contribution in [0, 0.1) is 23.5 Å². The smallest absolute Gasteiger partial charge is 0.231 e. The van der Waals surface area contributed by atoms with E-state index >= 15 is 0 Å². The highest BCUT2D eigenvalue weighted by molar-refractivity contribution is 7.92. The van der Waals surface area contributed by atoms with Crippen LogP contribution in [0.2, 0.25) is 5.02 Å². The number of fused-ring (bicyclic) bond motifs is 2. The zero-order chi connectivity index (χ0) is 36.7. The van der Waals surface area contributed by atoms with Gasteiger partial charge in [0, 0.05) is 29.6 Å². The Balaban J connectivity index is 1.54. The lowest BCUT2D eigenvalue weighted by molar-refractivity contribution is -0.121. The Kier molecular flexibility index (Phi) is 9.56. The third kappa shape index (κ3) is 8.18. The van der Waals surface area contributed by atoms with Crippen LogP contribution in [0.3, 0.4) is 0 Å². The molecule has 0 unspecified atom stereocenters. The van der Waals surface area contributed by atoms with Crippen molar-refractivity contribution in [2.45, 2.75) is 38.3 Å². The van der Waals surface area contributed by atoms with Gasteiger partial charge in [-0.3, -0.25) is 14.2 Å². The number of pyridine rings is 1. The maximum absolute atomic E-state index is 14.5. The predicted octanol–water partition coefficient (Wildman–Crippen LogP) is 5.84. The number of aliphatic hydroxyl groups is 1. The molecule has 1 amide bonds. The lowest BCUT2D eigenvalue weighted by atomic mass is 9.93. The number of nitrogens with one attached hydrogen (secondary N) is 2. The summed E-state index contributed by atoms with van der Waals surface area (Å²) in [6.07, 6.45) is 0.697. The summed E-state index contributed by atoms with van der Waals surface area (Å²) in [6, 6.07) is 15.7. The standard InChI is InChI=1S/C36H31ClF2N6O5S/c1-36(2,47)14-13-23-9-10-24(25-11-12-27(37)32-34(25)45(3)42-35(32)44-51(4,48)49)33(40-23)29(17-20-15-21(38)18-22(39)16-20)41-31(46)19-28-26-7-5-6-8-30(26)50-43-28/h5-12,15-16,18,29,47H,17,19H2,1-4H3,(H,41,46)(H,42,44)/t29-/m0/s1. The molecule has 0 aliphatic rings. The van der Waals surface area contributed by atoms with E-state index in [4.69, 9.17) is 21.1 Å². The molecule has 15 heteroatoms. The van der Waals surface area contributed by atoms with E-state index in [2.05, 4.69) is 32.1 Å². The number of aryl methyl sites for hydroxylation is 1. The van der Waals surface area contributed by atoms with E-state index in [9.17, 15) is 27.1 Å². The molecular formula is C36H31ClF2N6O5S. The van der Waals surface area contributed by atoms with Crippen molar-refractivity contribution in [3.63, 3.8) is 0 Å². The second kappa shape index (κ2) is 13.7. The lowest BCUT2D eigenvalue weighted by Crippen LogP contribution is -2.32. The Bertz CT molecular complexity index is 2480. The maximum atomic E-state index is 14.5. The van der Waals surface area contributed by atoms with Crippen molar-refractivity contribution in [3.05, 3.63) is 106 Å². The molecule has 0 aliphatic carbocycles. The van der Waals surface area contributed by atoms with Crippen LogP contribution < -0.4 is 10.0 Å². The lowest BCUT2D eigenvalue weighted by Gasteiger charge is -2.22. The van der Waals surface area contributed by atoms with Crippen LogP contribution in [0.25, 0.3) is 33.0 Å². The van der Waals surface area contributed by atoms with Crippen molar-refractivity contribution >= 4 is 55.2 Å². The van der Waals surface area contributed by atoms with Gasteiger partial charge in [0.15, 0.2) is 11.4 Å². The SMILES string of the molecule is Cn1nc(NS(C)(=O)=O)c2c(Cl)ccc(-c3ccc(C#CC(C)(C)O)nc3[C@H](Cc3cc(F)cc(F)c3)NC(=O)Cc3noc4ccccc34)c21. The van der Waals surface area contributed by atoms with Crippen LogP contribution in [-0.2, 0) is 34.7 Å². The second-order valence-corrected chi connectivity index (χ2v) is 14.7. The van der Waals surface area contributed by atoms with Crippen LogP contribution in [-0.4, -0.2) is 51.2 Å². The monoisotopic (exact) mass is 732 g/mol. The van der Waals surface area contributed by atoms with Gasteiger partial charge in [-0.15, -0.1) is 0 Å². The Morgan fingerprint density at radius 1 is 1.08 bits per heavy atom. The number of sulfonamides is 1. The van der Waals surface area contributed by atoms with E-state index in [0.717, 1.165) is 24.5 Å².